The van der Waals surface area contributed by atoms with Gasteiger partial charge in [-0.1, -0.05) is 12.1 Å². The van der Waals surface area contributed by atoms with Gasteiger partial charge in [-0.25, -0.2) is 0 Å². The highest BCUT2D eigenvalue weighted by atomic mass is 16.5. The van der Waals surface area contributed by atoms with Crippen LogP contribution in [0.25, 0.3) is 0 Å². The van der Waals surface area contributed by atoms with Crippen molar-refractivity contribution in [1.29, 1.82) is 0 Å². The van der Waals surface area contributed by atoms with Crippen LogP contribution in [0.15, 0.2) is 24.3 Å². The van der Waals surface area contributed by atoms with Crippen LogP contribution in [0.5, 0.6) is 5.75 Å². The molecule has 0 aliphatic carbocycles. The summed E-state index contributed by atoms with van der Waals surface area (Å²) < 4.78 is 11.4. The number of likely N-dealkylation sites (N-methyl/N-ethyl adjacent to an activating group) is 1. The number of benzene rings is 1. The summed E-state index contributed by atoms with van der Waals surface area (Å²) in [7, 11) is 2.11. The standard InChI is InChI=1S/C15H24N2O2/c1-12(16)9-13-3-5-14(6-4-13)19-11-15-10-17(2)7-8-18-15/h3-6,12,15H,7-11,16H2,1-2H3. The van der Waals surface area contributed by atoms with E-state index in [1.165, 1.54) is 5.56 Å². The molecule has 2 unspecified atom stereocenters. The van der Waals surface area contributed by atoms with Gasteiger partial charge in [0.1, 0.15) is 18.5 Å². The minimum Gasteiger partial charge on any atom is -0.491 e. The molecule has 1 heterocycles. The van der Waals surface area contributed by atoms with Crippen LogP contribution in [-0.4, -0.2) is 50.4 Å². The molecule has 1 aliphatic heterocycles. The van der Waals surface area contributed by atoms with Gasteiger partial charge in [0.25, 0.3) is 0 Å². The summed E-state index contributed by atoms with van der Waals surface area (Å²) in [5, 5.41) is 0. The maximum absolute atomic E-state index is 5.78. The van der Waals surface area contributed by atoms with Gasteiger partial charge in [0.15, 0.2) is 0 Å². The van der Waals surface area contributed by atoms with Crippen molar-refractivity contribution in [1.82, 2.24) is 4.90 Å². The molecular weight excluding hydrogens is 240 g/mol. The van der Waals surface area contributed by atoms with Gasteiger partial charge in [0.2, 0.25) is 0 Å². The zero-order chi connectivity index (χ0) is 13.7. The van der Waals surface area contributed by atoms with E-state index in [0.717, 1.165) is 31.9 Å². The molecule has 0 bridgehead atoms. The van der Waals surface area contributed by atoms with Crippen LogP contribution in [0.2, 0.25) is 0 Å². The largest absolute Gasteiger partial charge is 0.491 e. The molecule has 1 fully saturated rings. The third-order valence-corrected chi connectivity index (χ3v) is 3.26. The molecular formula is C15H24N2O2. The van der Waals surface area contributed by atoms with Crippen molar-refractivity contribution in [2.24, 2.45) is 5.73 Å². The van der Waals surface area contributed by atoms with Crippen molar-refractivity contribution >= 4 is 0 Å². The quantitative estimate of drug-likeness (QED) is 0.870. The Kier molecular flexibility index (Phi) is 5.19. The highest BCUT2D eigenvalue weighted by molar-refractivity contribution is 5.27. The van der Waals surface area contributed by atoms with Gasteiger partial charge in [-0.2, -0.15) is 0 Å². The lowest BCUT2D eigenvalue weighted by molar-refractivity contribution is -0.0403. The lowest BCUT2D eigenvalue weighted by Gasteiger charge is -2.29. The molecule has 0 amide bonds. The zero-order valence-corrected chi connectivity index (χ0v) is 11.8. The second kappa shape index (κ2) is 6.89. The predicted octanol–water partition coefficient (Wildman–Crippen LogP) is 1.29. The molecule has 1 saturated heterocycles. The van der Waals surface area contributed by atoms with Gasteiger partial charge >= 0.3 is 0 Å². The smallest absolute Gasteiger partial charge is 0.119 e. The van der Waals surface area contributed by atoms with Crippen molar-refractivity contribution in [3.05, 3.63) is 29.8 Å². The highest BCUT2D eigenvalue weighted by Crippen LogP contribution is 2.14. The average molecular weight is 264 g/mol. The zero-order valence-electron chi connectivity index (χ0n) is 11.8. The summed E-state index contributed by atoms with van der Waals surface area (Å²) in [5.74, 6) is 0.894. The first-order valence-electron chi connectivity index (χ1n) is 6.91. The monoisotopic (exact) mass is 264 g/mol. The molecule has 4 heteroatoms. The van der Waals surface area contributed by atoms with Crippen LogP contribution in [0.1, 0.15) is 12.5 Å². The summed E-state index contributed by atoms with van der Waals surface area (Å²) in [5.41, 5.74) is 7.03. The third kappa shape index (κ3) is 4.82. The second-order valence-corrected chi connectivity index (χ2v) is 5.39. The second-order valence-electron chi connectivity index (χ2n) is 5.39. The minimum absolute atomic E-state index is 0.169. The Morgan fingerprint density at radius 2 is 2.16 bits per heavy atom. The lowest BCUT2D eigenvalue weighted by atomic mass is 10.1. The van der Waals surface area contributed by atoms with E-state index in [9.17, 15) is 0 Å². The van der Waals surface area contributed by atoms with Crippen molar-refractivity contribution in [3.8, 4) is 5.75 Å². The van der Waals surface area contributed by atoms with Gasteiger partial charge in [-0.3, -0.25) is 0 Å². The molecule has 0 spiro atoms. The van der Waals surface area contributed by atoms with E-state index in [1.54, 1.807) is 0 Å². The summed E-state index contributed by atoms with van der Waals surface area (Å²) in [4.78, 5) is 2.27. The first-order chi connectivity index (χ1) is 9.13. The minimum atomic E-state index is 0.169. The van der Waals surface area contributed by atoms with Crippen LogP contribution in [-0.2, 0) is 11.2 Å². The third-order valence-electron chi connectivity index (χ3n) is 3.26. The van der Waals surface area contributed by atoms with E-state index >= 15 is 0 Å². The van der Waals surface area contributed by atoms with Crippen LogP contribution < -0.4 is 10.5 Å². The fraction of sp³-hybridized carbons (Fsp3) is 0.600. The van der Waals surface area contributed by atoms with Crippen LogP contribution in [0.4, 0.5) is 0 Å². The van der Waals surface area contributed by atoms with Gasteiger partial charge in [-0.15, -0.1) is 0 Å². The topological polar surface area (TPSA) is 47.7 Å². The summed E-state index contributed by atoms with van der Waals surface area (Å²) >= 11 is 0. The number of rotatable bonds is 5. The van der Waals surface area contributed by atoms with E-state index in [0.29, 0.717) is 6.61 Å². The lowest BCUT2D eigenvalue weighted by Crippen LogP contribution is -2.42. The molecule has 1 aliphatic rings. The Bertz CT molecular complexity index is 378. The molecule has 1 aromatic rings. The van der Waals surface area contributed by atoms with Crippen molar-refractivity contribution < 1.29 is 9.47 Å². The first-order valence-corrected chi connectivity index (χ1v) is 6.91. The molecule has 0 radical (unpaired) electrons. The Hall–Kier alpha value is -1.10. The molecule has 4 nitrogen and oxygen atoms in total. The Labute approximate surface area is 115 Å². The van der Waals surface area contributed by atoms with Gasteiger partial charge < -0.3 is 20.1 Å². The fourth-order valence-corrected chi connectivity index (χ4v) is 2.25. The summed E-state index contributed by atoms with van der Waals surface area (Å²) in [6.07, 6.45) is 1.07. The SMILES string of the molecule is CC(N)Cc1ccc(OCC2CN(C)CCO2)cc1. The number of ether oxygens (including phenoxy) is 2. The number of hydrogen-bond acceptors (Lipinski definition) is 4. The fourth-order valence-electron chi connectivity index (χ4n) is 2.25. The number of nitrogens with zero attached hydrogens (tertiary/aromatic N) is 1. The number of hydrogen-bond donors (Lipinski definition) is 1. The van der Waals surface area contributed by atoms with Gasteiger partial charge in [0.05, 0.1) is 6.61 Å². The van der Waals surface area contributed by atoms with Crippen LogP contribution >= 0.6 is 0 Å². The normalized spacial score (nSPS) is 22.2. The Morgan fingerprint density at radius 1 is 1.42 bits per heavy atom. The molecule has 106 valence electrons. The molecule has 2 atom stereocenters. The predicted molar refractivity (Wildman–Crippen MR) is 76.5 cm³/mol. The molecule has 2 rings (SSSR count). The van der Waals surface area contributed by atoms with E-state index in [2.05, 4.69) is 24.1 Å². The van der Waals surface area contributed by atoms with E-state index < -0.39 is 0 Å². The highest BCUT2D eigenvalue weighted by Gasteiger charge is 2.18. The van der Waals surface area contributed by atoms with Gasteiger partial charge in [0, 0.05) is 19.1 Å². The first kappa shape index (κ1) is 14.3. The maximum Gasteiger partial charge on any atom is 0.119 e. The van der Waals surface area contributed by atoms with Crippen molar-refractivity contribution in [2.45, 2.75) is 25.5 Å². The molecule has 19 heavy (non-hydrogen) atoms. The van der Waals surface area contributed by atoms with Crippen molar-refractivity contribution in [2.75, 3.05) is 33.4 Å². The van der Waals surface area contributed by atoms with E-state index in [1.807, 2.05) is 19.1 Å². The Balaban J connectivity index is 1.79. The number of morpholine rings is 1. The molecule has 0 saturated carbocycles. The van der Waals surface area contributed by atoms with Crippen molar-refractivity contribution in [3.63, 3.8) is 0 Å². The number of nitrogens with two attached hydrogens (primary N) is 1. The summed E-state index contributed by atoms with van der Waals surface area (Å²) in [6, 6.07) is 8.35. The average Bonchev–Trinajstić information content (AvgIpc) is 2.37. The molecule has 2 N–H and O–H groups in total. The van der Waals surface area contributed by atoms with Crippen LogP contribution in [0, 0.1) is 0 Å². The van der Waals surface area contributed by atoms with Crippen LogP contribution in [0.3, 0.4) is 0 Å². The maximum atomic E-state index is 5.78. The summed E-state index contributed by atoms with van der Waals surface area (Å²) in [6.45, 7) is 5.35. The van der Waals surface area contributed by atoms with Gasteiger partial charge in [-0.05, 0) is 38.1 Å². The Morgan fingerprint density at radius 3 is 2.79 bits per heavy atom. The molecule has 0 aromatic heterocycles. The van der Waals surface area contributed by atoms with E-state index in [-0.39, 0.29) is 12.1 Å². The molecule has 1 aromatic carbocycles. The van der Waals surface area contributed by atoms with E-state index in [4.69, 9.17) is 15.2 Å².